The lowest BCUT2D eigenvalue weighted by Gasteiger charge is -2.19. The van der Waals surface area contributed by atoms with E-state index in [1.807, 2.05) is 20.8 Å². The Morgan fingerprint density at radius 3 is 2.79 bits per heavy atom. The average molecular weight is 264 g/mol. The van der Waals surface area contributed by atoms with Crippen LogP contribution in [0.3, 0.4) is 0 Å². The van der Waals surface area contributed by atoms with Gasteiger partial charge in [0.15, 0.2) is 5.84 Å². The van der Waals surface area contributed by atoms with Gasteiger partial charge in [-0.05, 0) is 26.8 Å². The minimum atomic E-state index is -0.697. The lowest BCUT2D eigenvalue weighted by atomic mass is 10.2. The van der Waals surface area contributed by atoms with Crippen LogP contribution in [-0.2, 0) is 9.47 Å². The Kier molecular flexibility index (Phi) is 5.44. The molecule has 0 unspecified atom stereocenters. The molecule has 0 saturated carbocycles. The molecule has 1 rings (SSSR count). The van der Waals surface area contributed by atoms with Crippen LogP contribution in [0.15, 0.2) is 18.3 Å². The molecule has 0 atom stereocenters. The fourth-order valence-corrected chi connectivity index (χ4v) is 1.15. The van der Waals surface area contributed by atoms with Gasteiger partial charge >= 0.3 is 6.09 Å². The number of pyridine rings is 1. The van der Waals surface area contributed by atoms with E-state index < -0.39 is 6.09 Å². The Bertz CT molecular complexity index is 427. The number of alkyl carbamates (subject to hydrolysis) is 1. The van der Waals surface area contributed by atoms with Crippen LogP contribution >= 0.6 is 0 Å². The van der Waals surface area contributed by atoms with E-state index in [0.29, 0.717) is 12.3 Å². The third-order valence-electron chi connectivity index (χ3n) is 1.95. The fourth-order valence-electron chi connectivity index (χ4n) is 1.15. The van der Waals surface area contributed by atoms with Crippen molar-refractivity contribution < 1.29 is 14.3 Å². The third kappa shape index (κ3) is 6.52. The maximum absolute atomic E-state index is 11.4. The minimum Gasteiger partial charge on any atom is -0.447 e. The molecule has 0 bridgehead atoms. The molecule has 1 heterocycles. The summed E-state index contributed by atoms with van der Waals surface area (Å²) >= 11 is 0. The zero-order chi connectivity index (χ0) is 14.3. The maximum Gasteiger partial charge on any atom is 0.412 e. The summed E-state index contributed by atoms with van der Waals surface area (Å²) in [7, 11) is 0. The highest BCUT2D eigenvalue weighted by molar-refractivity contribution is 6.03. The summed E-state index contributed by atoms with van der Waals surface area (Å²) in [5, 5.41) is 9.90. The highest BCUT2D eigenvalue weighted by Crippen LogP contribution is 2.05. The molecular weight excluding hydrogens is 246 g/mol. The number of nitrogens with zero attached hydrogens (tertiary/aromatic N) is 1. The summed E-state index contributed by atoms with van der Waals surface area (Å²) in [4.78, 5) is 15.3. The zero-order valence-electron chi connectivity index (χ0n) is 11.3. The number of amidine groups is 1. The number of nitrogens with one attached hydrogen (secondary N) is 2. The Morgan fingerprint density at radius 1 is 1.47 bits per heavy atom. The average Bonchev–Trinajstić information content (AvgIpc) is 2.34. The van der Waals surface area contributed by atoms with Gasteiger partial charge in [-0.1, -0.05) is 6.07 Å². The molecule has 103 valence electrons. The van der Waals surface area contributed by atoms with Gasteiger partial charge in [-0.15, -0.1) is 0 Å². The number of amides is 1. The molecular formula is C13H18N3O3. The van der Waals surface area contributed by atoms with E-state index in [-0.39, 0.29) is 18.0 Å². The second-order valence-corrected chi connectivity index (χ2v) is 4.74. The first kappa shape index (κ1) is 15.1. The van der Waals surface area contributed by atoms with E-state index in [1.165, 1.54) is 6.20 Å². The van der Waals surface area contributed by atoms with Gasteiger partial charge in [0.2, 0.25) is 0 Å². The Labute approximate surface area is 112 Å². The van der Waals surface area contributed by atoms with E-state index in [0.717, 1.165) is 0 Å². The summed E-state index contributed by atoms with van der Waals surface area (Å²) in [6.07, 6.45) is 0.728. The number of carbonyl (C=O) groups excluding carboxylic acids is 1. The van der Waals surface area contributed by atoms with Crippen LogP contribution in [0.25, 0.3) is 0 Å². The maximum atomic E-state index is 11.4. The van der Waals surface area contributed by atoms with Crippen molar-refractivity contribution in [3.05, 3.63) is 30.1 Å². The molecule has 2 N–H and O–H groups in total. The fraction of sp³-hybridized carbons (Fsp3) is 0.462. The summed E-state index contributed by atoms with van der Waals surface area (Å²) < 4.78 is 10.3. The molecule has 0 aliphatic rings. The zero-order valence-corrected chi connectivity index (χ0v) is 11.3. The molecule has 0 saturated heterocycles. The Morgan fingerprint density at radius 2 is 2.21 bits per heavy atom. The van der Waals surface area contributed by atoms with E-state index in [4.69, 9.17) is 14.9 Å². The van der Waals surface area contributed by atoms with E-state index in [2.05, 4.69) is 16.4 Å². The molecule has 0 spiro atoms. The summed E-state index contributed by atoms with van der Waals surface area (Å²) in [5.41, 5.74) is 0.0819. The largest absolute Gasteiger partial charge is 0.447 e. The van der Waals surface area contributed by atoms with Crippen molar-refractivity contribution in [2.75, 3.05) is 13.2 Å². The van der Waals surface area contributed by atoms with Crippen LogP contribution < -0.4 is 5.32 Å². The number of hydrogen-bond donors (Lipinski definition) is 2. The van der Waals surface area contributed by atoms with Gasteiger partial charge in [-0.3, -0.25) is 15.7 Å². The molecule has 6 heteroatoms. The molecule has 0 aromatic carbocycles. The van der Waals surface area contributed by atoms with Gasteiger partial charge in [0.25, 0.3) is 0 Å². The number of rotatable bonds is 4. The lowest BCUT2D eigenvalue weighted by molar-refractivity contribution is -0.0226. The molecule has 0 fully saturated rings. The Balaban J connectivity index is 2.27. The molecule has 19 heavy (non-hydrogen) atoms. The number of ether oxygens (including phenoxy) is 2. The second-order valence-electron chi connectivity index (χ2n) is 4.74. The van der Waals surface area contributed by atoms with Crippen molar-refractivity contribution in [3.63, 3.8) is 0 Å². The molecule has 1 amide bonds. The smallest absolute Gasteiger partial charge is 0.412 e. The van der Waals surface area contributed by atoms with Crippen LogP contribution in [-0.4, -0.2) is 35.7 Å². The van der Waals surface area contributed by atoms with Crippen LogP contribution in [0.5, 0.6) is 0 Å². The van der Waals surface area contributed by atoms with Crippen LogP contribution in [0.2, 0.25) is 0 Å². The molecule has 0 aliphatic heterocycles. The summed E-state index contributed by atoms with van der Waals surface area (Å²) in [6, 6.07) is 5.92. The third-order valence-corrected chi connectivity index (χ3v) is 1.95. The first-order chi connectivity index (χ1) is 8.88. The van der Waals surface area contributed by atoms with E-state index in [9.17, 15) is 4.79 Å². The predicted molar refractivity (Wildman–Crippen MR) is 70.1 cm³/mol. The van der Waals surface area contributed by atoms with Gasteiger partial charge < -0.3 is 9.47 Å². The highest BCUT2D eigenvalue weighted by Gasteiger charge is 2.11. The van der Waals surface area contributed by atoms with Gasteiger partial charge in [-0.2, -0.15) is 0 Å². The SMILES string of the molecule is CC(C)(C)OCCOC(=O)NC(=N)c1cc[c]cn1. The lowest BCUT2D eigenvalue weighted by Crippen LogP contribution is -2.33. The van der Waals surface area contributed by atoms with Gasteiger partial charge in [0.05, 0.1) is 12.2 Å². The van der Waals surface area contributed by atoms with Crippen molar-refractivity contribution in [1.29, 1.82) is 5.41 Å². The number of hydrogen-bond acceptors (Lipinski definition) is 5. The second kappa shape index (κ2) is 6.84. The van der Waals surface area contributed by atoms with Crippen molar-refractivity contribution >= 4 is 11.9 Å². The van der Waals surface area contributed by atoms with Crippen LogP contribution in [0.4, 0.5) is 4.79 Å². The summed E-state index contributed by atoms with van der Waals surface area (Å²) in [5.74, 6) is -0.115. The molecule has 1 radical (unpaired) electrons. The number of aromatic nitrogens is 1. The Hall–Kier alpha value is -1.95. The first-order valence-electron chi connectivity index (χ1n) is 5.87. The van der Waals surface area contributed by atoms with Gasteiger partial charge in [0, 0.05) is 12.3 Å². The quantitative estimate of drug-likeness (QED) is 0.493. The topological polar surface area (TPSA) is 84.3 Å². The molecule has 1 aromatic heterocycles. The standard InChI is InChI=1S/C13H18N3O3/c1-13(2,3)19-9-8-18-12(17)16-11(14)10-6-4-5-7-15-10/h4,6-7H,8-9H2,1-3H3,(H2,14,16,17). The van der Waals surface area contributed by atoms with Crippen molar-refractivity contribution in [2.45, 2.75) is 26.4 Å². The molecule has 0 aliphatic carbocycles. The van der Waals surface area contributed by atoms with E-state index in [1.54, 1.807) is 12.1 Å². The molecule has 6 nitrogen and oxygen atoms in total. The van der Waals surface area contributed by atoms with Crippen molar-refractivity contribution in [2.24, 2.45) is 0 Å². The molecule has 1 aromatic rings. The monoisotopic (exact) mass is 264 g/mol. The highest BCUT2D eigenvalue weighted by atomic mass is 16.6. The predicted octanol–water partition coefficient (Wildman–Crippen LogP) is 1.75. The van der Waals surface area contributed by atoms with Gasteiger partial charge in [-0.25, -0.2) is 4.79 Å². The van der Waals surface area contributed by atoms with E-state index >= 15 is 0 Å². The summed E-state index contributed by atoms with van der Waals surface area (Å²) in [6.45, 7) is 6.19. The first-order valence-corrected chi connectivity index (χ1v) is 5.87. The van der Waals surface area contributed by atoms with Crippen molar-refractivity contribution in [3.8, 4) is 0 Å². The normalized spacial score (nSPS) is 10.9. The van der Waals surface area contributed by atoms with Crippen LogP contribution in [0.1, 0.15) is 26.5 Å². The minimum absolute atomic E-state index is 0.115. The van der Waals surface area contributed by atoms with Gasteiger partial charge in [0.1, 0.15) is 12.3 Å². The van der Waals surface area contributed by atoms with Crippen LogP contribution in [0, 0.1) is 11.5 Å². The number of carbonyl (C=O) groups is 1. The van der Waals surface area contributed by atoms with Crippen molar-refractivity contribution in [1.82, 2.24) is 10.3 Å².